The molecule has 0 aliphatic rings. The number of methoxy groups -OCH3 is 2. The summed E-state index contributed by atoms with van der Waals surface area (Å²) in [7, 11) is 3.25. The van der Waals surface area contributed by atoms with Gasteiger partial charge in [0, 0.05) is 26.7 Å². The van der Waals surface area contributed by atoms with E-state index in [-0.39, 0.29) is 11.5 Å². The Morgan fingerprint density at radius 3 is 2.48 bits per heavy atom. The molecule has 176 valence electrons. The summed E-state index contributed by atoms with van der Waals surface area (Å²) >= 11 is 0. The minimum absolute atomic E-state index is 0.0594. The van der Waals surface area contributed by atoms with Crippen LogP contribution in [0.25, 0.3) is 16.6 Å². The number of hydrogen-bond donors (Lipinski definition) is 0. The minimum atomic E-state index is -0.398. The van der Waals surface area contributed by atoms with Gasteiger partial charge in [0.2, 0.25) is 5.91 Å². The smallest absolute Gasteiger partial charge is 0.266 e. The molecule has 0 saturated carbocycles. The Morgan fingerprint density at radius 2 is 1.82 bits per heavy atom. The van der Waals surface area contributed by atoms with E-state index >= 15 is 0 Å². The van der Waals surface area contributed by atoms with E-state index in [2.05, 4.69) is 6.92 Å². The fourth-order valence-electron chi connectivity index (χ4n) is 3.94. The van der Waals surface area contributed by atoms with Crippen molar-refractivity contribution in [3.05, 3.63) is 64.7 Å². The van der Waals surface area contributed by atoms with Crippen LogP contribution in [0.1, 0.15) is 51.4 Å². The summed E-state index contributed by atoms with van der Waals surface area (Å²) in [6.07, 6.45) is 2.94. The number of fused-ring (bicyclic) bond motifs is 1. The van der Waals surface area contributed by atoms with Crippen LogP contribution in [-0.4, -0.2) is 47.7 Å². The molecule has 1 unspecified atom stereocenters. The summed E-state index contributed by atoms with van der Waals surface area (Å²) in [5.74, 6) is 1.29. The number of unbranched alkanes of at least 4 members (excludes halogenated alkanes) is 1. The predicted octanol–water partition coefficient (Wildman–Crippen LogP) is 4.51. The summed E-state index contributed by atoms with van der Waals surface area (Å²) in [6.45, 7) is 5.09. The van der Waals surface area contributed by atoms with Crippen LogP contribution in [0.4, 0.5) is 0 Å². The van der Waals surface area contributed by atoms with Crippen LogP contribution < -0.4 is 10.3 Å². The van der Waals surface area contributed by atoms with Gasteiger partial charge in [-0.1, -0.05) is 25.5 Å². The van der Waals surface area contributed by atoms with E-state index < -0.39 is 6.04 Å². The number of ether oxygens (including phenoxy) is 2. The number of benzene rings is 2. The highest BCUT2D eigenvalue weighted by atomic mass is 16.5. The highest BCUT2D eigenvalue weighted by Crippen LogP contribution is 2.25. The Bertz CT molecular complexity index is 1120. The number of para-hydroxylation sites is 1. The Kier molecular flexibility index (Phi) is 8.60. The van der Waals surface area contributed by atoms with Gasteiger partial charge in [-0.05, 0) is 56.2 Å². The molecule has 1 heterocycles. The van der Waals surface area contributed by atoms with Crippen molar-refractivity contribution >= 4 is 16.8 Å². The van der Waals surface area contributed by atoms with Crippen LogP contribution in [0.15, 0.2) is 53.3 Å². The lowest BCUT2D eigenvalue weighted by atomic mass is 10.1. The predicted molar refractivity (Wildman–Crippen MR) is 130 cm³/mol. The van der Waals surface area contributed by atoms with E-state index in [1.165, 1.54) is 0 Å². The maximum Gasteiger partial charge on any atom is 0.266 e. The van der Waals surface area contributed by atoms with E-state index in [4.69, 9.17) is 14.5 Å². The van der Waals surface area contributed by atoms with Crippen molar-refractivity contribution in [2.45, 2.75) is 45.6 Å². The Hall–Kier alpha value is -3.19. The van der Waals surface area contributed by atoms with Crippen molar-refractivity contribution in [3.63, 3.8) is 0 Å². The van der Waals surface area contributed by atoms with Crippen LogP contribution in [0.5, 0.6) is 5.75 Å². The Morgan fingerprint density at radius 1 is 1.09 bits per heavy atom. The van der Waals surface area contributed by atoms with Gasteiger partial charge in [-0.3, -0.25) is 14.2 Å². The lowest BCUT2D eigenvalue weighted by Gasteiger charge is -2.31. The molecule has 33 heavy (non-hydrogen) atoms. The van der Waals surface area contributed by atoms with Crippen molar-refractivity contribution < 1.29 is 14.3 Å². The second-order valence-electron chi connectivity index (χ2n) is 8.04. The average molecular weight is 452 g/mol. The first-order chi connectivity index (χ1) is 16.0. The van der Waals surface area contributed by atoms with Gasteiger partial charge in [-0.25, -0.2) is 4.98 Å². The first kappa shape index (κ1) is 24.5. The zero-order chi connectivity index (χ0) is 23.8. The molecular formula is C26H33N3O4. The van der Waals surface area contributed by atoms with Crippen LogP contribution in [0, 0.1) is 0 Å². The monoisotopic (exact) mass is 451 g/mol. The van der Waals surface area contributed by atoms with Gasteiger partial charge in [0.1, 0.15) is 11.6 Å². The largest absolute Gasteiger partial charge is 0.497 e. The molecule has 0 bridgehead atoms. The number of rotatable bonds is 11. The SMILES string of the molecule is CCCCC(=O)N(CCCOC)C(C)c1nc2ccccc2c(=O)n1-c1ccc(OC)cc1. The van der Waals surface area contributed by atoms with Crippen molar-refractivity contribution in [2.24, 2.45) is 0 Å². The lowest BCUT2D eigenvalue weighted by molar-refractivity contribution is -0.133. The first-order valence-corrected chi connectivity index (χ1v) is 11.5. The molecule has 0 aliphatic carbocycles. The summed E-state index contributed by atoms with van der Waals surface area (Å²) in [4.78, 5) is 33.4. The van der Waals surface area contributed by atoms with E-state index in [1.54, 1.807) is 24.9 Å². The number of aromatic nitrogens is 2. The van der Waals surface area contributed by atoms with Gasteiger partial charge in [0.15, 0.2) is 0 Å². The van der Waals surface area contributed by atoms with Gasteiger partial charge in [0.25, 0.3) is 5.56 Å². The van der Waals surface area contributed by atoms with Gasteiger partial charge in [-0.15, -0.1) is 0 Å². The molecule has 7 heteroatoms. The molecule has 1 amide bonds. The minimum Gasteiger partial charge on any atom is -0.497 e. The van der Waals surface area contributed by atoms with Crippen molar-refractivity contribution in [2.75, 3.05) is 27.4 Å². The molecule has 0 aliphatic heterocycles. The Labute approximate surface area is 195 Å². The second-order valence-corrected chi connectivity index (χ2v) is 8.04. The molecular weight excluding hydrogens is 418 g/mol. The zero-order valence-corrected chi connectivity index (χ0v) is 19.9. The van der Waals surface area contributed by atoms with Crippen LogP contribution in [0.2, 0.25) is 0 Å². The first-order valence-electron chi connectivity index (χ1n) is 11.5. The maximum atomic E-state index is 13.6. The van der Waals surface area contributed by atoms with Gasteiger partial charge >= 0.3 is 0 Å². The standard InChI is InChI=1S/C26H33N3O4/c1-5-6-12-24(30)28(17-9-18-32-3)19(2)25-27-23-11-8-7-10-22(23)26(31)29(25)20-13-15-21(33-4)16-14-20/h7-8,10-11,13-16,19H,5-6,9,12,17-18H2,1-4H3. The third kappa shape index (κ3) is 5.60. The number of nitrogens with zero attached hydrogens (tertiary/aromatic N) is 3. The summed E-state index contributed by atoms with van der Waals surface area (Å²) in [5, 5.41) is 0.535. The third-order valence-corrected chi connectivity index (χ3v) is 5.79. The quantitative estimate of drug-likeness (QED) is 0.401. The molecule has 0 N–H and O–H groups in total. The maximum absolute atomic E-state index is 13.6. The normalized spacial score (nSPS) is 12.0. The Balaban J connectivity index is 2.14. The van der Waals surface area contributed by atoms with Crippen LogP contribution in [-0.2, 0) is 9.53 Å². The molecule has 1 atom stereocenters. The van der Waals surface area contributed by atoms with Crippen molar-refractivity contribution in [1.29, 1.82) is 0 Å². The highest BCUT2D eigenvalue weighted by molar-refractivity contribution is 5.79. The molecule has 1 aromatic heterocycles. The van der Waals surface area contributed by atoms with Crippen LogP contribution in [0.3, 0.4) is 0 Å². The molecule has 2 aromatic carbocycles. The summed E-state index contributed by atoms with van der Waals surface area (Å²) in [6, 6.07) is 14.2. The van der Waals surface area contributed by atoms with Gasteiger partial charge in [0.05, 0.1) is 29.7 Å². The molecule has 0 spiro atoms. The van der Waals surface area contributed by atoms with Crippen molar-refractivity contribution in [1.82, 2.24) is 14.5 Å². The van der Waals surface area contributed by atoms with E-state index in [0.717, 1.165) is 12.8 Å². The number of amides is 1. The van der Waals surface area contributed by atoms with Crippen LogP contribution >= 0.6 is 0 Å². The highest BCUT2D eigenvalue weighted by Gasteiger charge is 2.26. The summed E-state index contributed by atoms with van der Waals surface area (Å²) in [5.41, 5.74) is 1.14. The zero-order valence-electron chi connectivity index (χ0n) is 19.9. The summed E-state index contributed by atoms with van der Waals surface area (Å²) < 4.78 is 12.1. The van der Waals surface area contributed by atoms with E-state index in [0.29, 0.717) is 54.2 Å². The van der Waals surface area contributed by atoms with E-state index in [9.17, 15) is 9.59 Å². The lowest BCUT2D eigenvalue weighted by Crippen LogP contribution is -2.38. The number of carbonyl (C=O) groups excluding carboxylic acids is 1. The van der Waals surface area contributed by atoms with Gasteiger partial charge < -0.3 is 14.4 Å². The number of hydrogen-bond acceptors (Lipinski definition) is 5. The van der Waals surface area contributed by atoms with Crippen molar-refractivity contribution in [3.8, 4) is 11.4 Å². The topological polar surface area (TPSA) is 73.7 Å². The van der Waals surface area contributed by atoms with Gasteiger partial charge in [-0.2, -0.15) is 0 Å². The fourth-order valence-corrected chi connectivity index (χ4v) is 3.94. The second kappa shape index (κ2) is 11.6. The molecule has 3 rings (SSSR count). The molecule has 7 nitrogen and oxygen atoms in total. The molecule has 0 saturated heterocycles. The average Bonchev–Trinajstić information content (AvgIpc) is 2.85. The van der Waals surface area contributed by atoms with E-state index in [1.807, 2.05) is 54.3 Å². The number of carbonyl (C=O) groups is 1. The molecule has 3 aromatic rings. The molecule has 0 fully saturated rings. The fraction of sp³-hybridized carbons (Fsp3) is 0.423. The molecule has 0 radical (unpaired) electrons. The third-order valence-electron chi connectivity index (χ3n) is 5.79.